The lowest BCUT2D eigenvalue weighted by atomic mass is 9.98. The Balaban J connectivity index is 1.89. The molecule has 23 heavy (non-hydrogen) atoms. The van der Waals surface area contributed by atoms with Gasteiger partial charge in [-0.3, -0.25) is 0 Å². The molecule has 0 radical (unpaired) electrons. The van der Waals surface area contributed by atoms with E-state index in [-0.39, 0.29) is 12.6 Å². The quantitative estimate of drug-likeness (QED) is 0.726. The van der Waals surface area contributed by atoms with Crippen LogP contribution in [0.5, 0.6) is 0 Å². The second kappa shape index (κ2) is 8.03. The predicted molar refractivity (Wildman–Crippen MR) is 91.1 cm³/mol. The van der Waals surface area contributed by atoms with Crippen LogP contribution in [0, 0.1) is 0 Å². The molecule has 1 unspecified atom stereocenters. The van der Waals surface area contributed by atoms with E-state index in [0.29, 0.717) is 13.0 Å². The largest absolute Gasteiger partial charge is 0.394 e. The van der Waals surface area contributed by atoms with Crippen LogP contribution in [0.3, 0.4) is 0 Å². The standard InChI is InChI=1S/C16H22N4O2S/c1-3-9-16(2,11-21)18-15(22)17-10-13-19-20-14(23-13)12-7-5-4-6-8-12/h4-8,21H,3,9-11H2,1-2H3,(H2,17,18,22). The van der Waals surface area contributed by atoms with Gasteiger partial charge >= 0.3 is 6.03 Å². The first-order valence-electron chi connectivity index (χ1n) is 7.61. The van der Waals surface area contributed by atoms with Gasteiger partial charge in [0.25, 0.3) is 0 Å². The molecule has 1 atom stereocenters. The third kappa shape index (κ3) is 5.01. The zero-order valence-electron chi connectivity index (χ0n) is 13.4. The summed E-state index contributed by atoms with van der Waals surface area (Å²) in [7, 11) is 0. The van der Waals surface area contributed by atoms with E-state index in [2.05, 4.69) is 20.8 Å². The van der Waals surface area contributed by atoms with Crippen molar-refractivity contribution < 1.29 is 9.90 Å². The van der Waals surface area contributed by atoms with Gasteiger partial charge in [0.15, 0.2) is 0 Å². The fraction of sp³-hybridized carbons (Fsp3) is 0.438. The van der Waals surface area contributed by atoms with Crippen molar-refractivity contribution in [2.45, 2.75) is 38.8 Å². The first-order chi connectivity index (χ1) is 11.1. The van der Waals surface area contributed by atoms with Crippen LogP contribution in [-0.4, -0.2) is 33.5 Å². The van der Waals surface area contributed by atoms with Gasteiger partial charge in [-0.15, -0.1) is 10.2 Å². The molecule has 7 heteroatoms. The number of rotatable bonds is 7. The molecule has 2 rings (SSSR count). The minimum Gasteiger partial charge on any atom is -0.394 e. The smallest absolute Gasteiger partial charge is 0.315 e. The first-order valence-corrected chi connectivity index (χ1v) is 8.42. The molecule has 1 aromatic heterocycles. The summed E-state index contributed by atoms with van der Waals surface area (Å²) in [6, 6.07) is 9.48. The maximum atomic E-state index is 12.0. The Bertz CT molecular complexity index is 632. The molecule has 0 fully saturated rings. The molecule has 0 aliphatic heterocycles. The van der Waals surface area contributed by atoms with Crippen LogP contribution in [0.25, 0.3) is 10.6 Å². The van der Waals surface area contributed by atoms with E-state index in [0.717, 1.165) is 22.0 Å². The van der Waals surface area contributed by atoms with Gasteiger partial charge in [-0.1, -0.05) is 55.0 Å². The summed E-state index contributed by atoms with van der Waals surface area (Å²) >= 11 is 1.45. The highest BCUT2D eigenvalue weighted by molar-refractivity contribution is 7.14. The van der Waals surface area contributed by atoms with Crippen molar-refractivity contribution in [3.05, 3.63) is 35.3 Å². The molecule has 0 spiro atoms. The predicted octanol–water partition coefficient (Wildman–Crippen LogP) is 2.56. The van der Waals surface area contributed by atoms with E-state index < -0.39 is 5.54 Å². The van der Waals surface area contributed by atoms with Gasteiger partial charge < -0.3 is 15.7 Å². The van der Waals surface area contributed by atoms with Gasteiger partial charge in [-0.2, -0.15) is 0 Å². The van der Waals surface area contributed by atoms with Gasteiger partial charge in [0, 0.05) is 5.56 Å². The Morgan fingerprint density at radius 1 is 1.30 bits per heavy atom. The van der Waals surface area contributed by atoms with Gasteiger partial charge in [0.05, 0.1) is 18.7 Å². The lowest BCUT2D eigenvalue weighted by Crippen LogP contribution is -2.52. The zero-order valence-corrected chi connectivity index (χ0v) is 14.2. The number of benzene rings is 1. The highest BCUT2D eigenvalue weighted by Crippen LogP contribution is 2.22. The highest BCUT2D eigenvalue weighted by atomic mass is 32.1. The summed E-state index contributed by atoms with van der Waals surface area (Å²) < 4.78 is 0. The lowest BCUT2D eigenvalue weighted by Gasteiger charge is -2.28. The molecule has 2 aromatic rings. The number of nitrogens with one attached hydrogen (secondary N) is 2. The molecule has 0 saturated heterocycles. The molecule has 0 saturated carbocycles. The zero-order chi connectivity index (χ0) is 16.7. The van der Waals surface area contributed by atoms with Crippen LogP contribution >= 0.6 is 11.3 Å². The van der Waals surface area contributed by atoms with Crippen LogP contribution < -0.4 is 10.6 Å². The van der Waals surface area contributed by atoms with E-state index in [1.807, 2.05) is 44.2 Å². The molecule has 3 N–H and O–H groups in total. The average molecular weight is 334 g/mol. The van der Waals surface area contributed by atoms with E-state index in [4.69, 9.17) is 0 Å². The van der Waals surface area contributed by atoms with Crippen molar-refractivity contribution in [2.75, 3.05) is 6.61 Å². The second-order valence-corrected chi connectivity index (χ2v) is 6.71. The Labute approximate surface area is 140 Å². The number of aliphatic hydroxyl groups is 1. The fourth-order valence-electron chi connectivity index (χ4n) is 2.23. The summed E-state index contributed by atoms with van der Waals surface area (Å²) in [6.07, 6.45) is 1.60. The maximum absolute atomic E-state index is 12.0. The number of amides is 2. The van der Waals surface area contributed by atoms with E-state index >= 15 is 0 Å². The topological polar surface area (TPSA) is 87.1 Å². The van der Waals surface area contributed by atoms with Crippen molar-refractivity contribution in [3.8, 4) is 10.6 Å². The number of hydrogen-bond acceptors (Lipinski definition) is 5. The number of nitrogens with zero attached hydrogens (tertiary/aromatic N) is 2. The number of aliphatic hydroxyl groups excluding tert-OH is 1. The van der Waals surface area contributed by atoms with Crippen molar-refractivity contribution in [3.63, 3.8) is 0 Å². The van der Waals surface area contributed by atoms with E-state index in [1.165, 1.54) is 11.3 Å². The van der Waals surface area contributed by atoms with Crippen LogP contribution in [0.4, 0.5) is 4.79 Å². The molecular formula is C16H22N4O2S. The normalized spacial score (nSPS) is 13.3. The fourth-order valence-corrected chi connectivity index (χ4v) is 3.01. The summed E-state index contributed by atoms with van der Waals surface area (Å²) in [5.74, 6) is 0. The average Bonchev–Trinajstić information content (AvgIpc) is 3.03. The molecule has 1 aromatic carbocycles. The molecule has 124 valence electrons. The molecule has 0 aliphatic carbocycles. The molecule has 2 amide bonds. The molecule has 6 nitrogen and oxygen atoms in total. The number of aromatic nitrogens is 2. The van der Waals surface area contributed by atoms with Crippen molar-refractivity contribution in [1.82, 2.24) is 20.8 Å². The summed E-state index contributed by atoms with van der Waals surface area (Å²) in [6.45, 7) is 4.06. The number of hydrogen-bond donors (Lipinski definition) is 3. The Hall–Kier alpha value is -1.99. The summed E-state index contributed by atoms with van der Waals surface area (Å²) in [5.41, 5.74) is 0.409. The minimum absolute atomic E-state index is 0.0920. The lowest BCUT2D eigenvalue weighted by molar-refractivity contribution is 0.163. The van der Waals surface area contributed by atoms with Gasteiger partial charge in [-0.05, 0) is 13.3 Å². The minimum atomic E-state index is -0.602. The number of carbonyl (C=O) groups excluding carboxylic acids is 1. The van der Waals surface area contributed by atoms with Crippen molar-refractivity contribution in [1.29, 1.82) is 0 Å². The summed E-state index contributed by atoms with van der Waals surface area (Å²) in [4.78, 5) is 12.0. The SMILES string of the molecule is CCCC(C)(CO)NC(=O)NCc1nnc(-c2ccccc2)s1. The van der Waals surface area contributed by atoms with Gasteiger partial charge in [0.2, 0.25) is 0 Å². The monoisotopic (exact) mass is 334 g/mol. The summed E-state index contributed by atoms with van der Waals surface area (Å²) in [5, 5.41) is 24.8. The van der Waals surface area contributed by atoms with Gasteiger partial charge in [-0.25, -0.2) is 4.79 Å². The molecule has 0 bridgehead atoms. The number of urea groups is 1. The third-order valence-electron chi connectivity index (χ3n) is 3.45. The molecular weight excluding hydrogens is 312 g/mol. The Morgan fingerprint density at radius 2 is 2.04 bits per heavy atom. The molecule has 1 heterocycles. The van der Waals surface area contributed by atoms with E-state index in [1.54, 1.807) is 0 Å². The third-order valence-corrected chi connectivity index (χ3v) is 4.43. The number of carbonyl (C=O) groups is 1. The van der Waals surface area contributed by atoms with Crippen LogP contribution in [0.1, 0.15) is 31.7 Å². The van der Waals surface area contributed by atoms with Crippen molar-refractivity contribution >= 4 is 17.4 Å². The Kier molecular flexibility index (Phi) is 6.06. The van der Waals surface area contributed by atoms with Crippen LogP contribution in [-0.2, 0) is 6.54 Å². The first kappa shape index (κ1) is 17.4. The van der Waals surface area contributed by atoms with E-state index in [9.17, 15) is 9.90 Å². The van der Waals surface area contributed by atoms with Gasteiger partial charge in [0.1, 0.15) is 10.0 Å². The second-order valence-electron chi connectivity index (χ2n) is 5.64. The van der Waals surface area contributed by atoms with Crippen LogP contribution in [0.2, 0.25) is 0 Å². The maximum Gasteiger partial charge on any atom is 0.315 e. The molecule has 0 aliphatic rings. The van der Waals surface area contributed by atoms with Crippen molar-refractivity contribution in [2.24, 2.45) is 0 Å². The highest BCUT2D eigenvalue weighted by Gasteiger charge is 2.24. The van der Waals surface area contributed by atoms with Crippen LogP contribution in [0.15, 0.2) is 30.3 Å². The Morgan fingerprint density at radius 3 is 2.70 bits per heavy atom.